The summed E-state index contributed by atoms with van der Waals surface area (Å²) in [5.74, 6) is 3.06. The maximum Gasteiger partial charge on any atom is 0.260 e. The smallest absolute Gasteiger partial charge is 0.260 e. The molecule has 0 spiro atoms. The monoisotopic (exact) mass is 358 g/mol. The number of hydrogen-bond acceptors (Lipinski definition) is 5. The number of nitrogens with one attached hydrogen (secondary N) is 2. The molecule has 1 saturated carbocycles. The van der Waals surface area contributed by atoms with Crippen LogP contribution in [0.4, 0.5) is 5.95 Å². The Kier molecular flexibility index (Phi) is 4.99. The minimum Gasteiger partial charge on any atom is -0.354 e. The van der Waals surface area contributed by atoms with Crippen molar-refractivity contribution >= 4 is 28.6 Å². The topological polar surface area (TPSA) is 61.0 Å². The molecule has 2 aliphatic rings. The maximum atomic E-state index is 12.3. The van der Waals surface area contributed by atoms with Gasteiger partial charge in [-0.1, -0.05) is 31.4 Å². The molecule has 0 unspecified atom stereocenters. The van der Waals surface area contributed by atoms with Gasteiger partial charge in [-0.3, -0.25) is 14.7 Å². The van der Waals surface area contributed by atoms with Crippen molar-refractivity contribution in [3.8, 4) is 0 Å². The summed E-state index contributed by atoms with van der Waals surface area (Å²) in [5.41, 5.74) is 0.893. The van der Waals surface area contributed by atoms with Gasteiger partial charge in [0.25, 0.3) is 5.56 Å². The van der Waals surface area contributed by atoms with Crippen LogP contribution in [0.25, 0.3) is 10.9 Å². The van der Waals surface area contributed by atoms with Crippen molar-refractivity contribution in [1.82, 2.24) is 14.9 Å². The summed E-state index contributed by atoms with van der Waals surface area (Å²) in [7, 11) is 0. The van der Waals surface area contributed by atoms with E-state index in [4.69, 9.17) is 0 Å². The zero-order valence-corrected chi connectivity index (χ0v) is 15.4. The molecule has 2 heterocycles. The Morgan fingerprint density at radius 3 is 2.72 bits per heavy atom. The quantitative estimate of drug-likeness (QED) is 0.879. The highest BCUT2D eigenvalue weighted by molar-refractivity contribution is 7.99. The Morgan fingerprint density at radius 2 is 1.92 bits per heavy atom. The van der Waals surface area contributed by atoms with E-state index in [1.807, 2.05) is 24.3 Å². The summed E-state index contributed by atoms with van der Waals surface area (Å²) >= 11 is 2.06. The van der Waals surface area contributed by atoms with Crippen LogP contribution in [0.15, 0.2) is 29.1 Å². The van der Waals surface area contributed by atoms with E-state index >= 15 is 0 Å². The van der Waals surface area contributed by atoms with Crippen molar-refractivity contribution in [2.75, 3.05) is 36.5 Å². The Balaban J connectivity index is 1.55. The molecule has 1 saturated heterocycles. The molecule has 1 aromatic heterocycles. The lowest BCUT2D eigenvalue weighted by molar-refractivity contribution is 0.0705. The standard InChI is InChI=1S/C19H26N4OS/c24-17-15-6-2-3-7-16(15)21-18(22-17)20-14-19(8-4-1-5-9-19)23-10-12-25-13-11-23/h2-3,6-7H,1,4-5,8-14H2,(H2,20,21,22,24). The van der Waals surface area contributed by atoms with E-state index in [-0.39, 0.29) is 11.1 Å². The third kappa shape index (κ3) is 3.55. The summed E-state index contributed by atoms with van der Waals surface area (Å²) < 4.78 is 0. The Morgan fingerprint density at radius 1 is 1.16 bits per heavy atom. The van der Waals surface area contributed by atoms with Crippen molar-refractivity contribution in [3.05, 3.63) is 34.6 Å². The third-order valence-corrected chi connectivity index (χ3v) is 6.61. The zero-order valence-electron chi connectivity index (χ0n) is 14.6. The first kappa shape index (κ1) is 16.9. The number of thioether (sulfide) groups is 1. The van der Waals surface area contributed by atoms with Crippen LogP contribution in [0, 0.1) is 0 Å². The van der Waals surface area contributed by atoms with Gasteiger partial charge in [-0.2, -0.15) is 11.8 Å². The van der Waals surface area contributed by atoms with Gasteiger partial charge in [0.15, 0.2) is 0 Å². The number of rotatable bonds is 4. The molecule has 2 aromatic rings. The van der Waals surface area contributed by atoms with Gasteiger partial charge in [0, 0.05) is 36.7 Å². The van der Waals surface area contributed by atoms with E-state index in [1.165, 1.54) is 56.7 Å². The number of hydrogen-bond donors (Lipinski definition) is 2. The van der Waals surface area contributed by atoms with Gasteiger partial charge >= 0.3 is 0 Å². The summed E-state index contributed by atoms with van der Waals surface area (Å²) in [4.78, 5) is 22.5. The Bertz CT molecular complexity index is 778. The predicted molar refractivity (Wildman–Crippen MR) is 106 cm³/mol. The number of aromatic amines is 1. The average molecular weight is 359 g/mol. The van der Waals surface area contributed by atoms with E-state index in [1.54, 1.807) is 0 Å². The van der Waals surface area contributed by atoms with E-state index in [2.05, 4.69) is 31.9 Å². The second-order valence-corrected chi connectivity index (χ2v) is 8.39. The minimum absolute atomic E-state index is 0.0693. The summed E-state index contributed by atoms with van der Waals surface area (Å²) in [6.45, 7) is 3.21. The predicted octanol–water partition coefficient (Wildman–Crippen LogP) is 3.09. The average Bonchev–Trinajstić information content (AvgIpc) is 2.68. The summed E-state index contributed by atoms with van der Waals surface area (Å²) in [6.07, 6.45) is 6.42. The van der Waals surface area contributed by atoms with Crippen molar-refractivity contribution in [3.63, 3.8) is 0 Å². The van der Waals surface area contributed by atoms with E-state index in [9.17, 15) is 4.79 Å². The van der Waals surface area contributed by atoms with Crippen molar-refractivity contribution in [2.24, 2.45) is 0 Å². The van der Waals surface area contributed by atoms with Crippen LogP contribution in [-0.2, 0) is 0 Å². The van der Waals surface area contributed by atoms with E-state index < -0.39 is 0 Å². The molecule has 1 aromatic carbocycles. The van der Waals surface area contributed by atoms with Gasteiger partial charge in [0.1, 0.15) is 0 Å². The molecule has 0 atom stereocenters. The molecule has 2 N–H and O–H groups in total. The summed E-state index contributed by atoms with van der Waals surface area (Å²) in [6, 6.07) is 7.51. The molecule has 4 rings (SSSR count). The molecule has 1 aliphatic heterocycles. The minimum atomic E-state index is -0.0693. The third-order valence-electron chi connectivity index (χ3n) is 5.66. The van der Waals surface area contributed by atoms with Crippen LogP contribution in [0.1, 0.15) is 32.1 Å². The number of anilines is 1. The second-order valence-electron chi connectivity index (χ2n) is 7.17. The molecule has 1 aliphatic carbocycles. The second kappa shape index (κ2) is 7.38. The number of aromatic nitrogens is 2. The Hall–Kier alpha value is -1.53. The highest BCUT2D eigenvalue weighted by atomic mass is 32.2. The van der Waals surface area contributed by atoms with E-state index in [0.29, 0.717) is 11.3 Å². The first-order valence-electron chi connectivity index (χ1n) is 9.33. The maximum absolute atomic E-state index is 12.3. The fourth-order valence-corrected chi connectivity index (χ4v) is 5.17. The number of para-hydroxylation sites is 1. The molecular weight excluding hydrogens is 332 g/mol. The van der Waals surface area contributed by atoms with Crippen molar-refractivity contribution in [1.29, 1.82) is 0 Å². The number of benzene rings is 1. The molecule has 0 amide bonds. The van der Waals surface area contributed by atoms with Gasteiger partial charge in [0.2, 0.25) is 5.95 Å². The molecule has 6 heteroatoms. The number of H-pyrrole nitrogens is 1. The molecule has 0 radical (unpaired) electrons. The lowest BCUT2D eigenvalue weighted by atomic mass is 9.80. The molecule has 134 valence electrons. The van der Waals surface area contributed by atoms with Gasteiger partial charge < -0.3 is 5.32 Å². The highest BCUT2D eigenvalue weighted by Gasteiger charge is 2.38. The number of nitrogens with zero attached hydrogens (tertiary/aromatic N) is 2. The van der Waals surface area contributed by atoms with E-state index in [0.717, 1.165) is 12.1 Å². The van der Waals surface area contributed by atoms with Crippen LogP contribution >= 0.6 is 11.8 Å². The molecule has 5 nitrogen and oxygen atoms in total. The molecule has 25 heavy (non-hydrogen) atoms. The highest BCUT2D eigenvalue weighted by Crippen LogP contribution is 2.35. The van der Waals surface area contributed by atoms with Gasteiger partial charge in [-0.15, -0.1) is 0 Å². The van der Waals surface area contributed by atoms with Crippen molar-refractivity contribution in [2.45, 2.75) is 37.6 Å². The SMILES string of the molecule is O=c1[nH]c(NCC2(N3CCSCC3)CCCCC2)nc2ccccc12. The molecule has 0 bridgehead atoms. The van der Waals surface area contributed by atoms with Crippen LogP contribution in [0.5, 0.6) is 0 Å². The van der Waals surface area contributed by atoms with Gasteiger partial charge in [0.05, 0.1) is 10.9 Å². The van der Waals surface area contributed by atoms with Crippen LogP contribution in [-0.4, -0.2) is 51.5 Å². The van der Waals surface area contributed by atoms with Crippen molar-refractivity contribution < 1.29 is 0 Å². The number of fused-ring (bicyclic) bond motifs is 1. The fourth-order valence-electron chi connectivity index (χ4n) is 4.27. The van der Waals surface area contributed by atoms with Gasteiger partial charge in [-0.25, -0.2) is 4.98 Å². The lowest BCUT2D eigenvalue weighted by Crippen LogP contribution is -2.57. The Labute approximate surface area is 152 Å². The first-order valence-corrected chi connectivity index (χ1v) is 10.5. The largest absolute Gasteiger partial charge is 0.354 e. The van der Waals surface area contributed by atoms with Gasteiger partial charge in [-0.05, 0) is 25.0 Å². The lowest BCUT2D eigenvalue weighted by Gasteiger charge is -2.48. The molecular formula is C19H26N4OS. The van der Waals surface area contributed by atoms with Crippen LogP contribution in [0.3, 0.4) is 0 Å². The fraction of sp³-hybridized carbons (Fsp3) is 0.579. The van der Waals surface area contributed by atoms with Crippen LogP contribution < -0.4 is 10.9 Å². The summed E-state index contributed by atoms with van der Waals surface area (Å²) in [5, 5.41) is 4.12. The molecule has 2 fully saturated rings. The normalized spacial score (nSPS) is 21.3. The first-order chi connectivity index (χ1) is 12.3. The zero-order chi connectivity index (χ0) is 17.1. The van der Waals surface area contributed by atoms with Crippen LogP contribution in [0.2, 0.25) is 0 Å².